The number of aromatic nitrogens is 1. The van der Waals surface area contributed by atoms with Crippen LogP contribution in [-0.2, 0) is 11.3 Å². The lowest BCUT2D eigenvalue weighted by molar-refractivity contribution is -0.0575. The predicted molar refractivity (Wildman–Crippen MR) is 138 cm³/mol. The first kappa shape index (κ1) is 22.9. The van der Waals surface area contributed by atoms with E-state index >= 15 is 0 Å². The minimum absolute atomic E-state index is 0.452. The van der Waals surface area contributed by atoms with Crippen LogP contribution in [0.4, 0.5) is 0 Å². The SMILES string of the molecule is COc1cc(C)c2[nH]ccc2c1CN1CCC(OCCC2CCC2C2CCC2C2CCC2)CC1. The summed E-state index contributed by atoms with van der Waals surface area (Å²) < 4.78 is 12.2. The molecule has 2 heterocycles. The second-order valence-electron chi connectivity index (χ2n) is 11.9. The maximum absolute atomic E-state index is 6.44. The molecule has 4 unspecified atom stereocenters. The minimum atomic E-state index is 0.452. The van der Waals surface area contributed by atoms with Crippen LogP contribution in [0.5, 0.6) is 5.75 Å². The fourth-order valence-electron chi connectivity index (χ4n) is 7.68. The number of H-pyrrole nitrogens is 1. The van der Waals surface area contributed by atoms with Gasteiger partial charge in [-0.05, 0) is 99.2 Å². The molecule has 4 heteroatoms. The molecule has 4 aliphatic rings. The first-order chi connectivity index (χ1) is 16.7. The molecule has 4 fully saturated rings. The van der Waals surface area contributed by atoms with E-state index in [2.05, 4.69) is 28.9 Å². The Kier molecular flexibility index (Phi) is 6.64. The first-order valence-corrected chi connectivity index (χ1v) is 14.2. The van der Waals surface area contributed by atoms with Gasteiger partial charge in [-0.25, -0.2) is 0 Å². The summed E-state index contributed by atoms with van der Waals surface area (Å²) in [5.41, 5.74) is 3.80. The summed E-state index contributed by atoms with van der Waals surface area (Å²) in [6, 6.07) is 4.37. The van der Waals surface area contributed by atoms with Crippen LogP contribution in [0, 0.1) is 36.5 Å². The van der Waals surface area contributed by atoms with Crippen molar-refractivity contribution in [1.82, 2.24) is 9.88 Å². The maximum Gasteiger partial charge on any atom is 0.124 e. The van der Waals surface area contributed by atoms with E-state index in [9.17, 15) is 0 Å². The maximum atomic E-state index is 6.44. The van der Waals surface area contributed by atoms with Crippen molar-refractivity contribution in [2.45, 2.75) is 83.8 Å². The molecule has 186 valence electrons. The summed E-state index contributed by atoms with van der Waals surface area (Å²) in [7, 11) is 1.79. The van der Waals surface area contributed by atoms with Crippen molar-refractivity contribution >= 4 is 10.9 Å². The van der Waals surface area contributed by atoms with Crippen LogP contribution in [0.25, 0.3) is 10.9 Å². The number of aromatic amines is 1. The van der Waals surface area contributed by atoms with Crippen molar-refractivity contribution in [3.63, 3.8) is 0 Å². The van der Waals surface area contributed by atoms with E-state index in [1.807, 2.05) is 6.20 Å². The Morgan fingerprint density at radius 3 is 2.41 bits per heavy atom. The third kappa shape index (κ3) is 4.30. The van der Waals surface area contributed by atoms with Crippen molar-refractivity contribution < 1.29 is 9.47 Å². The van der Waals surface area contributed by atoms with Gasteiger partial charge in [0.1, 0.15) is 5.75 Å². The van der Waals surface area contributed by atoms with Crippen molar-refractivity contribution in [2.24, 2.45) is 29.6 Å². The number of ether oxygens (including phenoxy) is 2. The zero-order valence-corrected chi connectivity index (χ0v) is 21.4. The quantitative estimate of drug-likeness (QED) is 0.448. The van der Waals surface area contributed by atoms with Crippen LogP contribution in [0.15, 0.2) is 18.3 Å². The first-order valence-electron chi connectivity index (χ1n) is 14.2. The van der Waals surface area contributed by atoms with Crippen LogP contribution in [0.3, 0.4) is 0 Å². The molecule has 2 aromatic rings. The standard InChI is InChI=1S/C30H44N2O2/c1-20-18-29(33-2)28(27-10-14-31-30(20)27)19-32-15-11-23(12-16-32)34-17-13-22-6-7-24(22)26-9-8-25(26)21-4-3-5-21/h10,14,18,21-26,31H,3-9,11-13,15-17,19H2,1-2H3. The molecule has 3 saturated carbocycles. The summed E-state index contributed by atoms with van der Waals surface area (Å²) >= 11 is 0. The monoisotopic (exact) mass is 464 g/mol. The van der Waals surface area contributed by atoms with Crippen LogP contribution in [0.2, 0.25) is 0 Å². The summed E-state index contributed by atoms with van der Waals surface area (Å²) in [4.78, 5) is 5.98. The number of methoxy groups -OCH3 is 1. The van der Waals surface area contributed by atoms with Gasteiger partial charge in [0.05, 0.1) is 13.2 Å². The van der Waals surface area contributed by atoms with Crippen LogP contribution in [-0.4, -0.2) is 42.8 Å². The summed E-state index contributed by atoms with van der Waals surface area (Å²) in [5.74, 6) is 6.31. The zero-order valence-electron chi connectivity index (χ0n) is 21.4. The van der Waals surface area contributed by atoms with E-state index in [-0.39, 0.29) is 0 Å². The lowest BCUT2D eigenvalue weighted by Gasteiger charge is -2.54. The molecule has 1 saturated heterocycles. The molecule has 1 N–H and O–H groups in total. The number of fused-ring (bicyclic) bond motifs is 1. The number of likely N-dealkylation sites (tertiary alicyclic amines) is 1. The molecule has 0 spiro atoms. The fourth-order valence-corrected chi connectivity index (χ4v) is 7.68. The van der Waals surface area contributed by atoms with Crippen LogP contribution < -0.4 is 4.74 Å². The number of benzene rings is 1. The van der Waals surface area contributed by atoms with Crippen LogP contribution >= 0.6 is 0 Å². The largest absolute Gasteiger partial charge is 0.496 e. The van der Waals surface area contributed by atoms with Gasteiger partial charge in [0.15, 0.2) is 0 Å². The Hall–Kier alpha value is -1.52. The Labute approximate surface area is 205 Å². The molecule has 0 bridgehead atoms. The van der Waals surface area contributed by atoms with Crippen LogP contribution in [0.1, 0.15) is 75.3 Å². The topological polar surface area (TPSA) is 37.5 Å². The normalized spacial score (nSPS) is 30.6. The third-order valence-corrected chi connectivity index (χ3v) is 10.3. The van der Waals surface area contributed by atoms with E-state index in [0.29, 0.717) is 6.10 Å². The minimum Gasteiger partial charge on any atom is -0.496 e. The highest BCUT2D eigenvalue weighted by atomic mass is 16.5. The van der Waals surface area contributed by atoms with E-state index in [0.717, 1.165) is 74.4 Å². The Morgan fingerprint density at radius 1 is 0.971 bits per heavy atom. The van der Waals surface area contributed by atoms with Crippen molar-refractivity contribution in [3.8, 4) is 5.75 Å². The van der Waals surface area contributed by atoms with E-state index in [1.165, 1.54) is 73.4 Å². The lowest BCUT2D eigenvalue weighted by Crippen LogP contribution is -2.46. The number of nitrogens with zero attached hydrogens (tertiary/aromatic N) is 1. The molecular weight excluding hydrogens is 420 g/mol. The Balaban J connectivity index is 0.953. The molecule has 1 aliphatic heterocycles. The number of hydrogen-bond donors (Lipinski definition) is 1. The van der Waals surface area contributed by atoms with Gasteiger partial charge in [0.25, 0.3) is 0 Å². The second-order valence-corrected chi connectivity index (χ2v) is 11.9. The summed E-state index contributed by atoms with van der Waals surface area (Å²) in [6.07, 6.45) is 16.7. The molecule has 1 aromatic carbocycles. The molecule has 6 rings (SSSR count). The van der Waals surface area contributed by atoms with Crippen molar-refractivity contribution in [3.05, 3.63) is 29.5 Å². The molecule has 3 aliphatic carbocycles. The van der Waals surface area contributed by atoms with Gasteiger partial charge in [-0.1, -0.05) is 19.3 Å². The summed E-state index contributed by atoms with van der Waals surface area (Å²) in [5, 5.41) is 1.30. The number of hydrogen-bond acceptors (Lipinski definition) is 3. The molecular formula is C30H44N2O2. The molecule has 0 radical (unpaired) electrons. The van der Waals surface area contributed by atoms with Gasteiger partial charge in [-0.3, -0.25) is 4.90 Å². The van der Waals surface area contributed by atoms with Crippen molar-refractivity contribution in [1.29, 1.82) is 0 Å². The predicted octanol–water partition coefficient (Wildman–Crippen LogP) is 6.71. The number of piperidine rings is 1. The summed E-state index contributed by atoms with van der Waals surface area (Å²) in [6.45, 7) is 6.33. The average molecular weight is 465 g/mol. The highest BCUT2D eigenvalue weighted by Gasteiger charge is 2.47. The van der Waals surface area contributed by atoms with Gasteiger partial charge in [0.2, 0.25) is 0 Å². The Bertz CT molecular complexity index is 972. The molecule has 1 aromatic heterocycles. The van der Waals surface area contributed by atoms with Gasteiger partial charge in [-0.15, -0.1) is 0 Å². The van der Waals surface area contributed by atoms with Gasteiger partial charge < -0.3 is 14.5 Å². The number of rotatable bonds is 9. The van der Waals surface area contributed by atoms with Gasteiger partial charge in [-0.2, -0.15) is 0 Å². The average Bonchev–Trinajstić information content (AvgIpc) is 3.29. The number of nitrogens with one attached hydrogen (secondary N) is 1. The van der Waals surface area contributed by atoms with Crippen molar-refractivity contribution in [2.75, 3.05) is 26.8 Å². The lowest BCUT2D eigenvalue weighted by atomic mass is 9.51. The zero-order chi connectivity index (χ0) is 23.1. The molecule has 34 heavy (non-hydrogen) atoms. The highest BCUT2D eigenvalue weighted by molar-refractivity contribution is 5.88. The fraction of sp³-hybridized carbons (Fsp3) is 0.733. The highest BCUT2D eigenvalue weighted by Crippen LogP contribution is 2.56. The smallest absolute Gasteiger partial charge is 0.124 e. The molecule has 0 amide bonds. The van der Waals surface area contributed by atoms with E-state index < -0.39 is 0 Å². The van der Waals surface area contributed by atoms with E-state index in [4.69, 9.17) is 9.47 Å². The van der Waals surface area contributed by atoms with Gasteiger partial charge in [0, 0.05) is 48.9 Å². The molecule has 4 nitrogen and oxygen atoms in total. The number of aryl methyl sites for hydroxylation is 1. The van der Waals surface area contributed by atoms with E-state index in [1.54, 1.807) is 7.11 Å². The third-order valence-electron chi connectivity index (χ3n) is 10.3. The Morgan fingerprint density at radius 2 is 1.76 bits per heavy atom. The van der Waals surface area contributed by atoms with Gasteiger partial charge >= 0.3 is 0 Å². The molecule has 4 atom stereocenters. The second kappa shape index (κ2) is 9.85.